The zero-order chi connectivity index (χ0) is 28.1. The van der Waals surface area contributed by atoms with Crippen molar-refractivity contribution < 1.29 is 0 Å². The summed E-state index contributed by atoms with van der Waals surface area (Å²) in [5, 5.41) is 8.35. The van der Waals surface area contributed by atoms with Crippen molar-refractivity contribution in [3.8, 4) is 11.4 Å². The Morgan fingerprint density at radius 3 is 1.91 bits per heavy atom. The maximum atomic E-state index is 4.72. The van der Waals surface area contributed by atoms with E-state index in [1.54, 1.807) is 0 Å². The zero-order valence-corrected chi connectivity index (χ0v) is 23.0. The maximum Gasteiger partial charge on any atom is 0.146 e. The third-order valence-corrected chi connectivity index (χ3v) is 8.96. The molecule has 0 aliphatic heterocycles. The van der Waals surface area contributed by atoms with Crippen molar-refractivity contribution in [2.45, 2.75) is 0 Å². The Hall–Kier alpha value is -5.94. The maximum absolute atomic E-state index is 4.72. The van der Waals surface area contributed by atoms with Gasteiger partial charge >= 0.3 is 0 Å². The Bertz CT molecular complexity index is 2710. The Kier molecular flexibility index (Phi) is 4.39. The van der Waals surface area contributed by atoms with Crippen molar-refractivity contribution in [1.29, 1.82) is 0 Å². The molecule has 5 aromatic heterocycles. The first-order valence-corrected chi connectivity index (χ1v) is 14.5. The quantitative estimate of drug-likeness (QED) is 0.202. The molecular formula is C38H23N5. The summed E-state index contributed by atoms with van der Waals surface area (Å²) in [5.41, 5.74) is 9.11. The molecular weight excluding hydrogens is 526 g/mol. The molecule has 10 aromatic rings. The lowest BCUT2D eigenvalue weighted by atomic mass is 10.0. The molecule has 43 heavy (non-hydrogen) atoms. The van der Waals surface area contributed by atoms with Gasteiger partial charge in [-0.15, -0.1) is 0 Å². The minimum atomic E-state index is 0.924. The molecule has 0 saturated heterocycles. The van der Waals surface area contributed by atoms with E-state index in [2.05, 4.69) is 140 Å². The van der Waals surface area contributed by atoms with E-state index in [0.717, 1.165) is 33.3 Å². The Balaban J connectivity index is 1.50. The van der Waals surface area contributed by atoms with Crippen LogP contribution in [0, 0.1) is 0 Å². The van der Waals surface area contributed by atoms with Crippen LogP contribution in [0.15, 0.2) is 140 Å². The predicted molar refractivity (Wildman–Crippen MR) is 177 cm³/mol. The van der Waals surface area contributed by atoms with Crippen LogP contribution in [0.4, 0.5) is 0 Å². The van der Waals surface area contributed by atoms with Gasteiger partial charge in [-0.05, 0) is 66.0 Å². The minimum Gasteiger partial charge on any atom is -0.309 e. The number of nitrogens with zero attached hydrogens (tertiary/aromatic N) is 5. The highest BCUT2D eigenvalue weighted by Crippen LogP contribution is 2.43. The molecule has 0 N–H and O–H groups in total. The summed E-state index contributed by atoms with van der Waals surface area (Å²) >= 11 is 0. The summed E-state index contributed by atoms with van der Waals surface area (Å²) in [5.74, 6) is 0. The predicted octanol–water partition coefficient (Wildman–Crippen LogP) is 9.23. The highest BCUT2D eigenvalue weighted by atomic mass is 15.0. The number of para-hydroxylation sites is 3. The van der Waals surface area contributed by atoms with Gasteiger partial charge in [0.1, 0.15) is 5.65 Å². The third kappa shape index (κ3) is 2.95. The van der Waals surface area contributed by atoms with E-state index in [0.29, 0.717) is 0 Å². The lowest BCUT2D eigenvalue weighted by Crippen LogP contribution is -1.95. The monoisotopic (exact) mass is 549 g/mol. The van der Waals surface area contributed by atoms with E-state index in [-0.39, 0.29) is 0 Å². The van der Waals surface area contributed by atoms with Gasteiger partial charge in [0.2, 0.25) is 0 Å². The van der Waals surface area contributed by atoms with Crippen LogP contribution in [-0.4, -0.2) is 23.5 Å². The Labute approximate surface area is 245 Å². The number of fused-ring (bicyclic) bond motifs is 13. The molecule has 200 valence electrons. The van der Waals surface area contributed by atoms with Crippen molar-refractivity contribution in [3.05, 3.63) is 140 Å². The van der Waals surface area contributed by atoms with Gasteiger partial charge in [0.25, 0.3) is 0 Å². The molecule has 5 heteroatoms. The number of hydrogen-bond acceptors (Lipinski definition) is 2. The SMILES string of the molecule is c1ccc(-n2c3ccccc3c3cc4c(cc32)c2c3c5ccncc5c5nccn5c3ccc2n4-c2ccccc2)cc1. The molecule has 0 amide bonds. The molecule has 5 aromatic carbocycles. The van der Waals surface area contributed by atoms with Gasteiger partial charge in [-0.1, -0.05) is 54.6 Å². The first-order chi connectivity index (χ1) is 21.4. The molecule has 0 aliphatic rings. The summed E-state index contributed by atoms with van der Waals surface area (Å²) in [6.07, 6.45) is 7.76. The van der Waals surface area contributed by atoms with Crippen molar-refractivity contribution in [2.75, 3.05) is 0 Å². The first-order valence-electron chi connectivity index (χ1n) is 14.5. The molecule has 5 nitrogen and oxygen atoms in total. The molecule has 0 aliphatic carbocycles. The van der Waals surface area contributed by atoms with Crippen LogP contribution in [0.3, 0.4) is 0 Å². The van der Waals surface area contributed by atoms with E-state index in [1.165, 1.54) is 49.0 Å². The van der Waals surface area contributed by atoms with Crippen LogP contribution in [-0.2, 0) is 0 Å². The fourth-order valence-corrected chi connectivity index (χ4v) is 7.23. The van der Waals surface area contributed by atoms with Crippen LogP contribution < -0.4 is 0 Å². The molecule has 10 rings (SSSR count). The first kappa shape index (κ1) is 22.7. The fourth-order valence-electron chi connectivity index (χ4n) is 7.23. The lowest BCUT2D eigenvalue weighted by molar-refractivity contribution is 1.17. The smallest absolute Gasteiger partial charge is 0.146 e. The van der Waals surface area contributed by atoms with Gasteiger partial charge in [0.15, 0.2) is 0 Å². The Morgan fingerprint density at radius 1 is 0.442 bits per heavy atom. The second-order valence-corrected chi connectivity index (χ2v) is 11.1. The van der Waals surface area contributed by atoms with E-state index >= 15 is 0 Å². The van der Waals surface area contributed by atoms with Crippen LogP contribution in [0.2, 0.25) is 0 Å². The van der Waals surface area contributed by atoms with Gasteiger partial charge in [-0.3, -0.25) is 9.38 Å². The molecule has 0 bridgehead atoms. The molecule has 0 spiro atoms. The van der Waals surface area contributed by atoms with Gasteiger partial charge < -0.3 is 9.13 Å². The molecule has 0 radical (unpaired) electrons. The number of aromatic nitrogens is 5. The standard InChI is InChI=1S/C38H23N5/c1-3-9-24(10-4-1)42-31-14-8-7-13-26(31)28-21-35-29(22-34(28)42)37-33(43(35)25-11-5-2-6-12-25)16-15-32-36(37)27-17-18-39-23-30(27)38-40-19-20-41(32)38/h1-23H. The Morgan fingerprint density at radius 2 is 1.09 bits per heavy atom. The van der Waals surface area contributed by atoms with E-state index in [4.69, 9.17) is 4.98 Å². The largest absolute Gasteiger partial charge is 0.309 e. The van der Waals surface area contributed by atoms with E-state index in [9.17, 15) is 0 Å². The van der Waals surface area contributed by atoms with Crippen molar-refractivity contribution >= 4 is 70.9 Å². The van der Waals surface area contributed by atoms with Crippen LogP contribution in [0.1, 0.15) is 0 Å². The zero-order valence-electron chi connectivity index (χ0n) is 23.0. The molecule has 0 saturated carbocycles. The number of imidazole rings is 1. The third-order valence-electron chi connectivity index (χ3n) is 8.96. The molecule has 0 unspecified atom stereocenters. The number of hydrogen-bond donors (Lipinski definition) is 0. The van der Waals surface area contributed by atoms with Crippen molar-refractivity contribution in [2.24, 2.45) is 0 Å². The summed E-state index contributed by atoms with van der Waals surface area (Å²) in [6.45, 7) is 0. The van der Waals surface area contributed by atoms with E-state index in [1.807, 2.05) is 18.6 Å². The second-order valence-electron chi connectivity index (χ2n) is 11.1. The summed E-state index contributed by atoms with van der Waals surface area (Å²) in [4.78, 5) is 9.21. The van der Waals surface area contributed by atoms with Gasteiger partial charge in [0.05, 0.1) is 27.6 Å². The van der Waals surface area contributed by atoms with Gasteiger partial charge in [-0.25, -0.2) is 4.98 Å². The molecule has 0 atom stereocenters. The average Bonchev–Trinajstić information content (AvgIpc) is 3.77. The molecule has 0 fully saturated rings. The van der Waals surface area contributed by atoms with Gasteiger partial charge in [0, 0.05) is 68.5 Å². The van der Waals surface area contributed by atoms with E-state index < -0.39 is 0 Å². The number of rotatable bonds is 2. The topological polar surface area (TPSA) is 40.1 Å². The highest BCUT2D eigenvalue weighted by molar-refractivity contribution is 6.30. The highest BCUT2D eigenvalue weighted by Gasteiger charge is 2.21. The average molecular weight is 550 g/mol. The minimum absolute atomic E-state index is 0.924. The number of benzene rings is 5. The summed E-state index contributed by atoms with van der Waals surface area (Å²) in [7, 11) is 0. The summed E-state index contributed by atoms with van der Waals surface area (Å²) in [6, 6.07) is 41.6. The van der Waals surface area contributed by atoms with Crippen LogP contribution in [0.5, 0.6) is 0 Å². The summed E-state index contributed by atoms with van der Waals surface area (Å²) < 4.78 is 7.02. The van der Waals surface area contributed by atoms with Gasteiger partial charge in [-0.2, -0.15) is 0 Å². The van der Waals surface area contributed by atoms with Crippen LogP contribution in [0.25, 0.3) is 82.3 Å². The lowest BCUT2D eigenvalue weighted by Gasteiger charge is -2.11. The fraction of sp³-hybridized carbons (Fsp3) is 0. The second kappa shape index (κ2) is 8.30. The molecule has 5 heterocycles. The normalized spacial score (nSPS) is 12.2. The van der Waals surface area contributed by atoms with Crippen LogP contribution >= 0.6 is 0 Å². The van der Waals surface area contributed by atoms with Crippen molar-refractivity contribution in [3.63, 3.8) is 0 Å². The number of pyridine rings is 2. The van der Waals surface area contributed by atoms with Crippen molar-refractivity contribution in [1.82, 2.24) is 23.5 Å².